The van der Waals surface area contributed by atoms with Crippen molar-refractivity contribution in [3.8, 4) is 0 Å². The van der Waals surface area contributed by atoms with Crippen molar-refractivity contribution in [2.75, 3.05) is 26.2 Å². The first-order valence-electron chi connectivity index (χ1n) is 13.6. The highest BCUT2D eigenvalue weighted by Crippen LogP contribution is 2.31. The third-order valence-corrected chi connectivity index (χ3v) is 8.11. The summed E-state index contributed by atoms with van der Waals surface area (Å²) >= 11 is 0. The van der Waals surface area contributed by atoms with Gasteiger partial charge in [-0.05, 0) is 59.5 Å². The van der Waals surface area contributed by atoms with Crippen molar-refractivity contribution in [3.05, 3.63) is 106 Å². The van der Waals surface area contributed by atoms with Crippen LogP contribution in [-0.4, -0.2) is 70.5 Å². The van der Waals surface area contributed by atoms with Crippen LogP contribution in [0.3, 0.4) is 0 Å². The second kappa shape index (κ2) is 10.9. The number of nitrogens with one attached hydrogen (secondary N) is 1. The molecule has 3 aliphatic rings. The molecule has 3 heterocycles. The number of benzene rings is 3. The summed E-state index contributed by atoms with van der Waals surface area (Å²) in [6.07, 6.45) is 0.451. The van der Waals surface area contributed by atoms with Crippen molar-refractivity contribution >= 4 is 23.6 Å². The number of carbonyl (C=O) groups excluding carboxylic acids is 4. The molecule has 1 unspecified atom stereocenters. The number of piperidine rings is 1. The van der Waals surface area contributed by atoms with E-state index in [1.807, 2.05) is 0 Å². The highest BCUT2D eigenvalue weighted by atomic mass is 19.1. The number of imide groups is 1. The topological polar surface area (TPSA) is 90.0 Å². The molecule has 10 heteroatoms. The summed E-state index contributed by atoms with van der Waals surface area (Å²) in [6, 6.07) is 16.6. The minimum absolute atomic E-state index is 0.176. The number of nitrogens with zero attached hydrogens (tertiary/aromatic N) is 3. The lowest BCUT2D eigenvalue weighted by atomic mass is 9.96. The maximum absolute atomic E-state index is 13.6. The molecule has 0 radical (unpaired) electrons. The lowest BCUT2D eigenvalue weighted by Gasteiger charge is -2.40. The number of carbonyl (C=O) groups is 4. The smallest absolute Gasteiger partial charge is 0.255 e. The Labute approximate surface area is 235 Å². The van der Waals surface area contributed by atoms with Gasteiger partial charge in [-0.25, -0.2) is 8.78 Å². The van der Waals surface area contributed by atoms with Gasteiger partial charge in [-0.1, -0.05) is 30.3 Å². The maximum Gasteiger partial charge on any atom is 0.255 e. The number of hydrogen-bond acceptors (Lipinski definition) is 5. The monoisotopic (exact) mass is 558 g/mol. The first kappa shape index (κ1) is 26.8. The van der Waals surface area contributed by atoms with Crippen LogP contribution in [0.5, 0.6) is 0 Å². The fraction of sp³-hybridized carbons (Fsp3) is 0.290. The van der Waals surface area contributed by atoms with E-state index in [-0.39, 0.29) is 54.8 Å². The molecule has 3 aromatic rings. The molecular weight excluding hydrogens is 530 g/mol. The van der Waals surface area contributed by atoms with Crippen LogP contribution in [0.1, 0.15) is 56.3 Å². The Kier molecular flexibility index (Phi) is 7.08. The molecule has 0 bridgehead atoms. The van der Waals surface area contributed by atoms with Crippen LogP contribution in [0.4, 0.5) is 8.78 Å². The zero-order valence-corrected chi connectivity index (χ0v) is 22.2. The molecule has 1 N–H and O–H groups in total. The van der Waals surface area contributed by atoms with Crippen LogP contribution in [0, 0.1) is 11.6 Å². The van der Waals surface area contributed by atoms with Gasteiger partial charge in [0.25, 0.3) is 11.8 Å². The standard InChI is InChI=1S/C31H28F2N4O4/c32-23-7-3-19(4-8-23)28(20-5-9-24(33)10-6-20)35-13-15-36(16-14-35)30(40)21-1-2-22-18-37(31(41)25(22)17-21)26-11-12-27(38)34-29(26)39/h1-10,17,26,28H,11-16,18H2,(H,34,38,39). The number of amides is 4. The van der Waals surface area contributed by atoms with E-state index in [1.165, 1.54) is 29.2 Å². The van der Waals surface area contributed by atoms with E-state index in [9.17, 15) is 28.0 Å². The van der Waals surface area contributed by atoms with Gasteiger partial charge in [-0.2, -0.15) is 0 Å². The molecule has 4 amide bonds. The van der Waals surface area contributed by atoms with Crippen molar-refractivity contribution < 1.29 is 28.0 Å². The first-order chi connectivity index (χ1) is 19.8. The molecule has 0 spiro atoms. The van der Waals surface area contributed by atoms with Crippen LogP contribution >= 0.6 is 0 Å². The number of halogens is 2. The molecule has 0 saturated carbocycles. The largest absolute Gasteiger partial charge is 0.336 e. The maximum atomic E-state index is 13.6. The van der Waals surface area contributed by atoms with E-state index in [4.69, 9.17) is 0 Å². The van der Waals surface area contributed by atoms with E-state index in [0.717, 1.165) is 16.7 Å². The Morgan fingerprint density at radius 1 is 0.829 bits per heavy atom. The van der Waals surface area contributed by atoms with Gasteiger partial charge in [0.05, 0.1) is 6.04 Å². The molecule has 2 fully saturated rings. The van der Waals surface area contributed by atoms with Crippen LogP contribution < -0.4 is 5.32 Å². The van der Waals surface area contributed by atoms with E-state index < -0.39 is 11.9 Å². The van der Waals surface area contributed by atoms with Crippen molar-refractivity contribution in [2.24, 2.45) is 0 Å². The minimum atomic E-state index is -0.713. The van der Waals surface area contributed by atoms with E-state index in [1.54, 1.807) is 47.4 Å². The average molecular weight is 559 g/mol. The van der Waals surface area contributed by atoms with Gasteiger partial charge in [0.1, 0.15) is 17.7 Å². The number of hydrogen-bond donors (Lipinski definition) is 1. The molecule has 8 nitrogen and oxygen atoms in total. The fourth-order valence-corrected chi connectivity index (χ4v) is 5.96. The second-order valence-corrected chi connectivity index (χ2v) is 10.6. The predicted octanol–water partition coefficient (Wildman–Crippen LogP) is 3.27. The molecule has 41 heavy (non-hydrogen) atoms. The average Bonchev–Trinajstić information content (AvgIpc) is 3.30. The van der Waals surface area contributed by atoms with Crippen molar-refractivity contribution in [3.63, 3.8) is 0 Å². The molecule has 1 atom stereocenters. The zero-order valence-electron chi connectivity index (χ0n) is 22.2. The summed E-state index contributed by atoms with van der Waals surface area (Å²) in [4.78, 5) is 55.9. The quantitative estimate of drug-likeness (QED) is 0.486. The summed E-state index contributed by atoms with van der Waals surface area (Å²) in [5.74, 6) is -2.01. The van der Waals surface area contributed by atoms with Crippen molar-refractivity contribution in [1.82, 2.24) is 20.0 Å². The summed E-state index contributed by atoms with van der Waals surface area (Å²) in [5, 5.41) is 2.29. The van der Waals surface area contributed by atoms with Crippen LogP contribution in [0.15, 0.2) is 66.7 Å². The van der Waals surface area contributed by atoms with Gasteiger partial charge in [0, 0.05) is 50.3 Å². The summed E-state index contributed by atoms with van der Waals surface area (Å²) in [6.45, 7) is 2.20. The zero-order chi connectivity index (χ0) is 28.7. The van der Waals surface area contributed by atoms with Gasteiger partial charge < -0.3 is 9.80 Å². The first-order valence-corrected chi connectivity index (χ1v) is 13.6. The van der Waals surface area contributed by atoms with E-state index in [0.29, 0.717) is 37.3 Å². The highest BCUT2D eigenvalue weighted by Gasteiger charge is 2.39. The number of fused-ring (bicyclic) bond motifs is 1. The van der Waals surface area contributed by atoms with Crippen LogP contribution in [0.2, 0.25) is 0 Å². The number of rotatable bonds is 5. The van der Waals surface area contributed by atoms with Gasteiger partial charge >= 0.3 is 0 Å². The molecule has 210 valence electrons. The summed E-state index contributed by atoms with van der Waals surface area (Å²) < 4.78 is 27.3. The van der Waals surface area contributed by atoms with Gasteiger partial charge in [-0.3, -0.25) is 29.4 Å². The molecule has 3 aliphatic heterocycles. The van der Waals surface area contributed by atoms with Crippen molar-refractivity contribution in [2.45, 2.75) is 31.5 Å². The van der Waals surface area contributed by atoms with Gasteiger partial charge in [0.2, 0.25) is 11.8 Å². The SMILES string of the molecule is O=C1CCC(N2Cc3ccc(C(=O)N4CCN(C(c5ccc(F)cc5)c5ccc(F)cc5)CC4)cc3C2=O)C(=O)N1. The third kappa shape index (κ3) is 5.22. The van der Waals surface area contributed by atoms with Crippen LogP contribution in [-0.2, 0) is 16.1 Å². The lowest BCUT2D eigenvalue weighted by Crippen LogP contribution is -2.52. The van der Waals surface area contributed by atoms with E-state index in [2.05, 4.69) is 10.2 Å². The van der Waals surface area contributed by atoms with Crippen molar-refractivity contribution in [1.29, 1.82) is 0 Å². The highest BCUT2D eigenvalue weighted by molar-refractivity contribution is 6.06. The Balaban J connectivity index is 1.15. The van der Waals surface area contributed by atoms with E-state index >= 15 is 0 Å². The third-order valence-electron chi connectivity index (χ3n) is 8.11. The summed E-state index contributed by atoms with van der Waals surface area (Å²) in [5.41, 5.74) is 3.27. The molecule has 2 saturated heterocycles. The molecule has 6 rings (SSSR count). The summed E-state index contributed by atoms with van der Waals surface area (Å²) in [7, 11) is 0. The molecule has 0 aromatic heterocycles. The normalized spacial score (nSPS) is 19.5. The predicted molar refractivity (Wildman–Crippen MR) is 145 cm³/mol. The Morgan fingerprint density at radius 3 is 2.02 bits per heavy atom. The fourth-order valence-electron chi connectivity index (χ4n) is 5.96. The number of piperazine rings is 1. The Morgan fingerprint density at radius 2 is 1.44 bits per heavy atom. The second-order valence-electron chi connectivity index (χ2n) is 10.6. The molecule has 3 aromatic carbocycles. The van der Waals surface area contributed by atoms with Gasteiger partial charge in [0.15, 0.2) is 0 Å². The molecule has 0 aliphatic carbocycles. The lowest BCUT2D eigenvalue weighted by molar-refractivity contribution is -0.136. The Bertz CT molecular complexity index is 1470. The Hall–Kier alpha value is -4.44. The van der Waals surface area contributed by atoms with Gasteiger partial charge in [-0.15, -0.1) is 0 Å². The molecular formula is C31H28F2N4O4. The van der Waals surface area contributed by atoms with Crippen LogP contribution in [0.25, 0.3) is 0 Å². The minimum Gasteiger partial charge on any atom is -0.336 e.